The van der Waals surface area contributed by atoms with E-state index >= 15 is 0 Å². The molecule has 0 aliphatic heterocycles. The Hall–Kier alpha value is -3.12. The number of aliphatic hydroxyl groups is 1. The smallest absolute Gasteiger partial charge is 0.308 e. The van der Waals surface area contributed by atoms with Crippen molar-refractivity contribution in [3.8, 4) is 17.1 Å². The van der Waals surface area contributed by atoms with Crippen LogP contribution in [-0.4, -0.2) is 26.3 Å². The number of aliphatic hydroxyl groups excluding tert-OH is 1. The number of aromatic amines is 2. The Labute approximate surface area is 137 Å². The van der Waals surface area contributed by atoms with Gasteiger partial charge in [-0.2, -0.15) is 5.10 Å². The fourth-order valence-electron chi connectivity index (χ4n) is 2.84. The summed E-state index contributed by atoms with van der Waals surface area (Å²) in [5.74, 6) is 0.124. The molecule has 3 N–H and O–H groups in total. The van der Waals surface area contributed by atoms with Crippen LogP contribution in [-0.2, 0) is 11.4 Å². The highest BCUT2D eigenvalue weighted by Gasteiger charge is 2.12. The van der Waals surface area contributed by atoms with Crippen molar-refractivity contribution >= 4 is 27.8 Å². The molecule has 120 valence electrons. The molecule has 0 bridgehead atoms. The molecular weight excluding hydrogens is 306 g/mol. The van der Waals surface area contributed by atoms with Crippen LogP contribution in [0.2, 0.25) is 0 Å². The number of H-pyrrole nitrogens is 2. The van der Waals surface area contributed by atoms with E-state index in [0.717, 1.165) is 38.8 Å². The summed E-state index contributed by atoms with van der Waals surface area (Å²) in [6.07, 6.45) is 0. The van der Waals surface area contributed by atoms with Gasteiger partial charge in [0.1, 0.15) is 11.4 Å². The Morgan fingerprint density at radius 1 is 1.17 bits per heavy atom. The molecule has 6 nitrogen and oxygen atoms in total. The summed E-state index contributed by atoms with van der Waals surface area (Å²) in [6, 6.07) is 13.1. The molecule has 0 radical (unpaired) electrons. The number of nitrogens with one attached hydrogen (secondary N) is 2. The van der Waals surface area contributed by atoms with Gasteiger partial charge in [0.2, 0.25) is 0 Å². The van der Waals surface area contributed by atoms with Crippen molar-refractivity contribution in [1.82, 2.24) is 15.2 Å². The van der Waals surface area contributed by atoms with Gasteiger partial charge in [-0.15, -0.1) is 0 Å². The highest BCUT2D eigenvalue weighted by atomic mass is 16.5. The van der Waals surface area contributed by atoms with Crippen molar-refractivity contribution in [2.75, 3.05) is 0 Å². The third kappa shape index (κ3) is 2.43. The van der Waals surface area contributed by atoms with Gasteiger partial charge in [0, 0.05) is 29.3 Å². The van der Waals surface area contributed by atoms with Crippen LogP contribution in [0.5, 0.6) is 5.75 Å². The van der Waals surface area contributed by atoms with Crippen molar-refractivity contribution in [1.29, 1.82) is 0 Å². The minimum atomic E-state index is -0.357. The molecule has 2 heterocycles. The Kier molecular flexibility index (Phi) is 3.32. The summed E-state index contributed by atoms with van der Waals surface area (Å²) in [5, 5.41) is 18.5. The first kappa shape index (κ1) is 14.5. The maximum absolute atomic E-state index is 11.1. The Morgan fingerprint density at radius 3 is 2.83 bits per heavy atom. The minimum Gasteiger partial charge on any atom is -0.427 e. The molecule has 0 unspecified atom stereocenters. The van der Waals surface area contributed by atoms with Crippen molar-refractivity contribution < 1.29 is 14.6 Å². The van der Waals surface area contributed by atoms with Crippen LogP contribution >= 0.6 is 0 Å². The predicted octanol–water partition coefficient (Wildman–Crippen LogP) is 3.13. The van der Waals surface area contributed by atoms with Crippen molar-refractivity contribution in [2.45, 2.75) is 13.5 Å². The number of hydrogen-bond donors (Lipinski definition) is 3. The molecule has 24 heavy (non-hydrogen) atoms. The quantitative estimate of drug-likeness (QED) is 0.399. The first-order chi connectivity index (χ1) is 11.6. The van der Waals surface area contributed by atoms with Gasteiger partial charge in [0.15, 0.2) is 0 Å². The van der Waals surface area contributed by atoms with Crippen LogP contribution in [0.15, 0.2) is 42.5 Å². The van der Waals surface area contributed by atoms with Crippen molar-refractivity contribution in [3.05, 3.63) is 48.0 Å². The number of esters is 1. The minimum absolute atomic E-state index is 0.0146. The number of aromatic nitrogens is 3. The molecule has 0 saturated heterocycles. The highest BCUT2D eigenvalue weighted by Crippen LogP contribution is 2.30. The second-order valence-electron chi connectivity index (χ2n) is 5.64. The summed E-state index contributed by atoms with van der Waals surface area (Å²) in [6.45, 7) is 1.38. The molecule has 4 aromatic rings. The fraction of sp³-hybridized carbons (Fsp3) is 0.111. The molecule has 0 atom stereocenters. The SMILES string of the molecule is CC(=O)Oc1ccc2c(-c3cc4cc(CO)ccc4[nH]3)n[nH]c2c1. The lowest BCUT2D eigenvalue weighted by Gasteiger charge is -2.00. The van der Waals surface area contributed by atoms with Gasteiger partial charge in [-0.25, -0.2) is 0 Å². The fourth-order valence-corrected chi connectivity index (χ4v) is 2.84. The van der Waals surface area contributed by atoms with Crippen LogP contribution in [0.1, 0.15) is 12.5 Å². The van der Waals surface area contributed by atoms with Gasteiger partial charge < -0.3 is 14.8 Å². The van der Waals surface area contributed by atoms with Gasteiger partial charge >= 0.3 is 5.97 Å². The van der Waals surface area contributed by atoms with E-state index < -0.39 is 0 Å². The Bertz CT molecular complexity index is 1060. The molecule has 4 rings (SSSR count). The second kappa shape index (κ2) is 5.50. The van der Waals surface area contributed by atoms with Gasteiger partial charge in [0.25, 0.3) is 0 Å². The number of carbonyl (C=O) groups excluding carboxylic acids is 1. The van der Waals surface area contributed by atoms with Gasteiger partial charge in [-0.3, -0.25) is 9.89 Å². The molecule has 2 aromatic heterocycles. The van der Waals surface area contributed by atoms with E-state index in [1.165, 1.54) is 6.92 Å². The number of ether oxygens (including phenoxy) is 1. The number of fused-ring (bicyclic) bond motifs is 2. The zero-order valence-corrected chi connectivity index (χ0v) is 13.0. The summed E-state index contributed by atoms with van der Waals surface area (Å²) in [5.41, 5.74) is 4.31. The number of rotatable bonds is 3. The lowest BCUT2D eigenvalue weighted by molar-refractivity contribution is -0.131. The number of nitrogens with zero attached hydrogens (tertiary/aromatic N) is 1. The molecule has 0 fully saturated rings. The third-order valence-electron chi connectivity index (χ3n) is 3.92. The van der Waals surface area contributed by atoms with E-state index in [0.29, 0.717) is 5.75 Å². The van der Waals surface area contributed by atoms with Gasteiger partial charge in [-0.05, 0) is 35.9 Å². The summed E-state index contributed by atoms with van der Waals surface area (Å²) in [7, 11) is 0. The highest BCUT2D eigenvalue weighted by molar-refractivity contribution is 5.96. The molecule has 2 aromatic carbocycles. The van der Waals surface area contributed by atoms with E-state index in [4.69, 9.17) is 4.74 Å². The van der Waals surface area contributed by atoms with E-state index in [-0.39, 0.29) is 12.6 Å². The van der Waals surface area contributed by atoms with Crippen LogP contribution in [0.3, 0.4) is 0 Å². The third-order valence-corrected chi connectivity index (χ3v) is 3.92. The lowest BCUT2D eigenvalue weighted by Crippen LogP contribution is -2.00. The lowest BCUT2D eigenvalue weighted by atomic mass is 10.1. The van der Waals surface area contributed by atoms with Crippen LogP contribution < -0.4 is 4.74 Å². The maximum atomic E-state index is 11.1. The normalized spacial score (nSPS) is 11.2. The predicted molar refractivity (Wildman–Crippen MR) is 90.6 cm³/mol. The van der Waals surface area contributed by atoms with Crippen LogP contribution in [0, 0.1) is 0 Å². The van der Waals surface area contributed by atoms with Crippen molar-refractivity contribution in [3.63, 3.8) is 0 Å². The zero-order valence-electron chi connectivity index (χ0n) is 13.0. The van der Waals surface area contributed by atoms with E-state index in [1.807, 2.05) is 30.3 Å². The van der Waals surface area contributed by atoms with Gasteiger partial charge in [-0.1, -0.05) is 6.07 Å². The monoisotopic (exact) mass is 321 g/mol. The van der Waals surface area contributed by atoms with Crippen LogP contribution in [0.4, 0.5) is 0 Å². The molecule has 0 spiro atoms. The average Bonchev–Trinajstić information content (AvgIpc) is 3.16. The largest absolute Gasteiger partial charge is 0.427 e. The molecule has 0 amide bonds. The van der Waals surface area contributed by atoms with E-state index in [9.17, 15) is 9.90 Å². The number of benzene rings is 2. The standard InChI is InChI=1S/C18H15N3O3/c1-10(23)24-13-3-4-14-16(8-13)20-21-18(14)17-7-12-6-11(9-22)2-5-15(12)19-17/h2-8,19,22H,9H2,1H3,(H,20,21). The topological polar surface area (TPSA) is 91.0 Å². The molecule has 0 saturated carbocycles. The Balaban J connectivity index is 1.80. The maximum Gasteiger partial charge on any atom is 0.308 e. The van der Waals surface area contributed by atoms with E-state index in [2.05, 4.69) is 15.2 Å². The van der Waals surface area contributed by atoms with E-state index in [1.54, 1.807) is 12.1 Å². The number of hydrogen-bond acceptors (Lipinski definition) is 4. The first-order valence-corrected chi connectivity index (χ1v) is 7.53. The zero-order chi connectivity index (χ0) is 16.7. The molecule has 6 heteroatoms. The second-order valence-corrected chi connectivity index (χ2v) is 5.64. The summed E-state index contributed by atoms with van der Waals surface area (Å²) in [4.78, 5) is 14.4. The van der Waals surface area contributed by atoms with Crippen LogP contribution in [0.25, 0.3) is 33.2 Å². The number of carbonyl (C=O) groups is 1. The molecular formula is C18H15N3O3. The molecule has 0 aliphatic carbocycles. The average molecular weight is 321 g/mol. The summed E-state index contributed by atoms with van der Waals surface area (Å²) < 4.78 is 5.09. The van der Waals surface area contributed by atoms with Gasteiger partial charge in [0.05, 0.1) is 17.8 Å². The molecule has 0 aliphatic rings. The van der Waals surface area contributed by atoms with Crippen molar-refractivity contribution in [2.24, 2.45) is 0 Å². The first-order valence-electron chi connectivity index (χ1n) is 7.53. The Morgan fingerprint density at radius 2 is 2.04 bits per heavy atom. The summed E-state index contributed by atoms with van der Waals surface area (Å²) >= 11 is 0.